The van der Waals surface area contributed by atoms with Crippen LogP contribution in [0.3, 0.4) is 0 Å². The highest BCUT2D eigenvalue weighted by Gasteiger charge is 2.43. The van der Waals surface area contributed by atoms with E-state index in [0.29, 0.717) is 6.42 Å². The van der Waals surface area contributed by atoms with E-state index in [1.54, 1.807) is 0 Å². The van der Waals surface area contributed by atoms with E-state index in [1.807, 2.05) is 13.8 Å². The Bertz CT molecular complexity index is 685. The Balaban J connectivity index is 5.26. The first-order valence-electron chi connectivity index (χ1n) is 14.1. The summed E-state index contributed by atoms with van der Waals surface area (Å²) in [6, 6.07) is -0.862. The SMILES string of the molecule is CCCCCCCCCCCC[C@@H](C)[C@@H](S[C@@](C)(CC)C(NC(C)=O)C(=O)OC)[C@@H](O)CC=CC(=O)O. The summed E-state index contributed by atoms with van der Waals surface area (Å²) in [5.41, 5.74) is 0. The number of aliphatic hydroxyl groups is 1. The molecule has 0 aliphatic rings. The Labute approximate surface area is 229 Å². The van der Waals surface area contributed by atoms with Crippen molar-refractivity contribution < 1.29 is 29.3 Å². The van der Waals surface area contributed by atoms with Crippen LogP contribution >= 0.6 is 11.8 Å². The van der Waals surface area contributed by atoms with Gasteiger partial charge in [-0.15, -0.1) is 11.8 Å². The van der Waals surface area contributed by atoms with Crippen molar-refractivity contribution in [2.24, 2.45) is 5.92 Å². The number of nitrogens with one attached hydrogen (secondary N) is 1. The van der Waals surface area contributed by atoms with Gasteiger partial charge in [0.15, 0.2) is 0 Å². The lowest BCUT2D eigenvalue weighted by Gasteiger charge is -2.40. The van der Waals surface area contributed by atoms with Crippen LogP contribution in [-0.4, -0.2) is 57.3 Å². The van der Waals surface area contributed by atoms with Crippen molar-refractivity contribution in [1.29, 1.82) is 0 Å². The van der Waals surface area contributed by atoms with Crippen LogP contribution in [0.5, 0.6) is 0 Å². The molecule has 0 rings (SSSR count). The smallest absolute Gasteiger partial charge is 0.329 e. The monoisotopic (exact) mass is 543 g/mol. The number of carboxylic acid groups (broad SMARTS) is 1. The largest absolute Gasteiger partial charge is 0.478 e. The van der Waals surface area contributed by atoms with Crippen LogP contribution in [0.15, 0.2) is 12.2 Å². The summed E-state index contributed by atoms with van der Waals surface area (Å²) < 4.78 is 4.27. The Morgan fingerprint density at radius 2 is 1.54 bits per heavy atom. The fourth-order valence-corrected chi connectivity index (χ4v) is 6.30. The molecule has 0 radical (unpaired) electrons. The highest BCUT2D eigenvalue weighted by atomic mass is 32.2. The Morgan fingerprint density at radius 3 is 2.00 bits per heavy atom. The van der Waals surface area contributed by atoms with Crippen LogP contribution in [0.1, 0.15) is 118 Å². The van der Waals surface area contributed by atoms with Gasteiger partial charge >= 0.3 is 11.9 Å². The topological polar surface area (TPSA) is 113 Å². The normalized spacial score (nSPS) is 16.5. The summed E-state index contributed by atoms with van der Waals surface area (Å²) in [5, 5.41) is 22.5. The zero-order chi connectivity index (χ0) is 28.3. The fourth-order valence-electron chi connectivity index (χ4n) is 4.58. The number of methoxy groups -OCH3 is 1. The Hall–Kier alpha value is -1.54. The van der Waals surface area contributed by atoms with Crippen LogP contribution < -0.4 is 5.32 Å². The molecule has 0 saturated heterocycles. The van der Waals surface area contributed by atoms with Crippen molar-refractivity contribution >= 4 is 29.6 Å². The van der Waals surface area contributed by atoms with Gasteiger partial charge in [0.25, 0.3) is 0 Å². The zero-order valence-corrected chi connectivity index (χ0v) is 24.9. The van der Waals surface area contributed by atoms with Crippen molar-refractivity contribution in [2.75, 3.05) is 7.11 Å². The maximum absolute atomic E-state index is 12.6. The van der Waals surface area contributed by atoms with Gasteiger partial charge in [0.05, 0.1) is 13.2 Å². The third-order valence-corrected chi connectivity index (χ3v) is 9.21. The van der Waals surface area contributed by atoms with E-state index in [9.17, 15) is 19.5 Å². The van der Waals surface area contributed by atoms with Crippen molar-refractivity contribution in [3.8, 4) is 0 Å². The molecule has 37 heavy (non-hydrogen) atoms. The van der Waals surface area contributed by atoms with E-state index in [0.717, 1.165) is 25.3 Å². The lowest BCUT2D eigenvalue weighted by atomic mass is 9.94. The van der Waals surface area contributed by atoms with E-state index >= 15 is 0 Å². The summed E-state index contributed by atoms with van der Waals surface area (Å²) >= 11 is 1.50. The molecular weight excluding hydrogens is 490 g/mol. The molecule has 216 valence electrons. The molecule has 1 amide bonds. The summed E-state index contributed by atoms with van der Waals surface area (Å²) in [6.07, 6.45) is 16.0. The molecule has 1 unspecified atom stereocenters. The Morgan fingerprint density at radius 1 is 1.00 bits per heavy atom. The first-order valence-corrected chi connectivity index (χ1v) is 15.0. The van der Waals surface area contributed by atoms with Gasteiger partial charge in [-0.25, -0.2) is 9.59 Å². The number of aliphatic hydroxyl groups excluding tert-OH is 1. The number of carbonyl (C=O) groups excluding carboxylic acids is 2. The number of carbonyl (C=O) groups is 3. The first kappa shape index (κ1) is 35.5. The van der Waals surface area contributed by atoms with E-state index in [4.69, 9.17) is 9.84 Å². The second-order valence-electron chi connectivity index (χ2n) is 10.4. The molecule has 3 N–H and O–H groups in total. The van der Waals surface area contributed by atoms with Crippen LogP contribution in [0, 0.1) is 5.92 Å². The van der Waals surface area contributed by atoms with Gasteiger partial charge in [-0.1, -0.05) is 91.1 Å². The van der Waals surface area contributed by atoms with E-state index in [1.165, 1.54) is 83.2 Å². The van der Waals surface area contributed by atoms with Gasteiger partial charge in [-0.2, -0.15) is 0 Å². The number of ether oxygens (including phenoxy) is 1. The molecule has 0 fully saturated rings. The molecule has 0 saturated carbocycles. The molecule has 8 heteroatoms. The summed E-state index contributed by atoms with van der Waals surface area (Å²) in [7, 11) is 1.30. The van der Waals surface area contributed by atoms with Crippen LogP contribution in [0.25, 0.3) is 0 Å². The standard InChI is InChI=1S/C29H53NO6S/c1-7-9-10-11-12-13-14-15-16-17-19-22(3)26(24(32)20-18-21-25(33)34)37-29(5,8-2)27(28(35)36-6)30-23(4)31/h18,21-22,24,26-27,32H,7-17,19-20H2,1-6H3,(H,30,31)(H,33,34)/t22-,24+,26-,27?,29+/m1/s1. The van der Waals surface area contributed by atoms with E-state index < -0.39 is 28.8 Å². The number of aliphatic carboxylic acids is 1. The molecule has 5 atom stereocenters. The van der Waals surface area contributed by atoms with Gasteiger partial charge < -0.3 is 20.3 Å². The predicted molar refractivity (Wildman–Crippen MR) is 153 cm³/mol. The zero-order valence-electron chi connectivity index (χ0n) is 24.1. The molecule has 7 nitrogen and oxygen atoms in total. The lowest BCUT2D eigenvalue weighted by Crippen LogP contribution is -2.55. The van der Waals surface area contributed by atoms with Gasteiger partial charge in [-0.3, -0.25) is 4.79 Å². The minimum absolute atomic E-state index is 0.133. The summed E-state index contributed by atoms with van der Waals surface area (Å²) in [5.74, 6) is -1.76. The van der Waals surface area contributed by atoms with E-state index in [2.05, 4.69) is 19.2 Å². The highest BCUT2D eigenvalue weighted by molar-refractivity contribution is 8.01. The molecular formula is C29H53NO6S. The lowest BCUT2D eigenvalue weighted by molar-refractivity contribution is -0.145. The van der Waals surface area contributed by atoms with Crippen molar-refractivity contribution in [3.63, 3.8) is 0 Å². The van der Waals surface area contributed by atoms with Crippen LogP contribution in [-0.2, 0) is 19.1 Å². The third kappa shape index (κ3) is 15.5. The number of carboxylic acids is 1. The molecule has 0 aliphatic carbocycles. The fraction of sp³-hybridized carbons (Fsp3) is 0.828. The van der Waals surface area contributed by atoms with Gasteiger partial charge in [0.2, 0.25) is 5.91 Å². The number of esters is 1. The van der Waals surface area contributed by atoms with Crippen molar-refractivity contribution in [1.82, 2.24) is 5.32 Å². The first-order chi connectivity index (χ1) is 17.5. The quantitative estimate of drug-likeness (QED) is 0.0837. The van der Waals surface area contributed by atoms with Gasteiger partial charge in [0, 0.05) is 23.0 Å². The average molecular weight is 544 g/mol. The molecule has 0 aromatic carbocycles. The summed E-state index contributed by atoms with van der Waals surface area (Å²) in [4.78, 5) is 35.4. The number of unbranched alkanes of at least 4 members (excludes halogenated alkanes) is 9. The maximum atomic E-state index is 12.6. The van der Waals surface area contributed by atoms with Crippen LogP contribution in [0.4, 0.5) is 0 Å². The van der Waals surface area contributed by atoms with Gasteiger partial charge in [0.1, 0.15) is 6.04 Å². The molecule has 0 bridgehead atoms. The predicted octanol–water partition coefficient (Wildman–Crippen LogP) is 6.27. The van der Waals surface area contributed by atoms with Crippen molar-refractivity contribution in [2.45, 2.75) is 140 Å². The van der Waals surface area contributed by atoms with Crippen molar-refractivity contribution in [3.05, 3.63) is 12.2 Å². The number of hydrogen-bond acceptors (Lipinski definition) is 6. The summed E-state index contributed by atoms with van der Waals surface area (Å²) in [6.45, 7) is 9.57. The number of thioether (sulfide) groups is 1. The molecule has 0 aromatic heterocycles. The van der Waals surface area contributed by atoms with E-state index in [-0.39, 0.29) is 23.5 Å². The minimum Gasteiger partial charge on any atom is -0.478 e. The number of hydrogen-bond donors (Lipinski definition) is 3. The minimum atomic E-state index is -1.05. The Kier molecular flexibility index (Phi) is 19.6. The average Bonchev–Trinajstić information content (AvgIpc) is 2.85. The molecule has 0 heterocycles. The molecule has 0 aromatic rings. The number of rotatable bonds is 22. The van der Waals surface area contributed by atoms with Gasteiger partial charge in [-0.05, 0) is 32.1 Å². The second kappa shape index (κ2) is 20.4. The molecule has 0 aliphatic heterocycles. The number of amides is 1. The molecule has 0 spiro atoms. The maximum Gasteiger partial charge on any atom is 0.329 e. The second-order valence-corrected chi connectivity index (χ2v) is 12.1. The third-order valence-electron chi connectivity index (χ3n) is 7.09. The van der Waals surface area contributed by atoms with Crippen LogP contribution in [0.2, 0.25) is 0 Å². The highest BCUT2D eigenvalue weighted by Crippen LogP contribution is 2.42.